The first-order chi connectivity index (χ1) is 17.0. The maximum absolute atomic E-state index is 13.2. The molecule has 2 N–H and O–H groups in total. The van der Waals surface area contributed by atoms with Gasteiger partial charge in [-0.15, -0.1) is 0 Å². The molecule has 2 unspecified atom stereocenters. The van der Waals surface area contributed by atoms with E-state index in [1.807, 2.05) is 24.3 Å². The molecular weight excluding hydrogens is 448 g/mol. The van der Waals surface area contributed by atoms with Crippen LogP contribution in [0.15, 0.2) is 48.5 Å². The van der Waals surface area contributed by atoms with Gasteiger partial charge in [0.1, 0.15) is 6.61 Å². The molecule has 8 nitrogen and oxygen atoms in total. The summed E-state index contributed by atoms with van der Waals surface area (Å²) in [6.07, 6.45) is 0.239. The highest BCUT2D eigenvalue weighted by molar-refractivity contribution is 5.84. The fraction of sp³-hybridized carbons (Fsp3) is 0.444. The predicted octanol–water partition coefficient (Wildman–Crippen LogP) is 3.39. The van der Waals surface area contributed by atoms with Gasteiger partial charge in [-0.05, 0) is 48.4 Å². The van der Waals surface area contributed by atoms with Gasteiger partial charge >= 0.3 is 12.1 Å². The molecule has 2 amide bonds. The monoisotopic (exact) mass is 478 g/mol. The van der Waals surface area contributed by atoms with Gasteiger partial charge in [-0.1, -0.05) is 48.5 Å². The Morgan fingerprint density at radius 2 is 1.71 bits per heavy atom. The number of carboxylic acid groups (broad SMARTS) is 1. The fourth-order valence-corrected chi connectivity index (χ4v) is 5.72. The first-order valence-electron chi connectivity index (χ1n) is 12.2. The lowest BCUT2D eigenvalue weighted by Gasteiger charge is -2.39. The third-order valence-electron chi connectivity index (χ3n) is 7.57. The number of piperidine rings is 1. The lowest BCUT2D eigenvalue weighted by atomic mass is 9.89. The normalized spacial score (nSPS) is 25.6. The Bertz CT molecular complexity index is 1090. The van der Waals surface area contributed by atoms with E-state index in [9.17, 15) is 19.5 Å². The molecule has 1 aliphatic carbocycles. The van der Waals surface area contributed by atoms with Crippen molar-refractivity contribution >= 4 is 18.0 Å². The molecule has 35 heavy (non-hydrogen) atoms. The van der Waals surface area contributed by atoms with Gasteiger partial charge in [0.15, 0.2) is 6.10 Å². The van der Waals surface area contributed by atoms with Crippen molar-refractivity contribution < 1.29 is 29.0 Å². The minimum absolute atomic E-state index is 0.0486. The summed E-state index contributed by atoms with van der Waals surface area (Å²) < 4.78 is 11.3. The van der Waals surface area contributed by atoms with Gasteiger partial charge in [0.25, 0.3) is 5.91 Å². The Kier molecular flexibility index (Phi) is 6.47. The first-order valence-corrected chi connectivity index (χ1v) is 12.2. The van der Waals surface area contributed by atoms with E-state index in [4.69, 9.17) is 9.47 Å². The van der Waals surface area contributed by atoms with E-state index in [1.54, 1.807) is 11.8 Å². The zero-order valence-corrected chi connectivity index (χ0v) is 19.7. The van der Waals surface area contributed by atoms with Crippen LogP contribution in [-0.2, 0) is 19.1 Å². The summed E-state index contributed by atoms with van der Waals surface area (Å²) in [4.78, 5) is 39.1. The van der Waals surface area contributed by atoms with Crippen LogP contribution in [0.5, 0.6) is 0 Å². The molecule has 2 heterocycles. The lowest BCUT2D eigenvalue weighted by Crippen LogP contribution is -2.56. The quantitative estimate of drug-likeness (QED) is 0.683. The summed E-state index contributed by atoms with van der Waals surface area (Å²) in [5.74, 6) is -1.81. The minimum Gasteiger partial charge on any atom is -0.481 e. The van der Waals surface area contributed by atoms with Crippen molar-refractivity contribution in [1.29, 1.82) is 0 Å². The second kappa shape index (κ2) is 9.70. The van der Waals surface area contributed by atoms with Crippen molar-refractivity contribution in [3.8, 4) is 11.1 Å². The lowest BCUT2D eigenvalue weighted by molar-refractivity contribution is -0.153. The molecule has 0 bridgehead atoms. The van der Waals surface area contributed by atoms with Gasteiger partial charge in [-0.25, -0.2) is 4.79 Å². The second-order valence-corrected chi connectivity index (χ2v) is 9.52. The van der Waals surface area contributed by atoms with Crippen molar-refractivity contribution in [3.05, 3.63) is 59.7 Å². The molecule has 8 heteroatoms. The molecule has 5 rings (SSSR count). The number of carboxylic acids is 1. The summed E-state index contributed by atoms with van der Waals surface area (Å²) in [7, 11) is 0. The van der Waals surface area contributed by atoms with Crippen molar-refractivity contribution in [3.63, 3.8) is 0 Å². The Hall–Kier alpha value is -3.39. The average Bonchev–Trinajstić information content (AvgIpc) is 3.44. The van der Waals surface area contributed by atoms with E-state index < -0.39 is 36.2 Å². The number of amides is 2. The predicted molar refractivity (Wildman–Crippen MR) is 128 cm³/mol. The van der Waals surface area contributed by atoms with Crippen LogP contribution in [0, 0.1) is 5.92 Å². The minimum atomic E-state index is -0.893. The number of ether oxygens (including phenoxy) is 2. The molecule has 0 saturated carbocycles. The van der Waals surface area contributed by atoms with Crippen LogP contribution in [0.1, 0.15) is 43.2 Å². The van der Waals surface area contributed by atoms with Crippen LogP contribution in [-0.4, -0.2) is 65.9 Å². The van der Waals surface area contributed by atoms with Gasteiger partial charge in [0.2, 0.25) is 0 Å². The van der Waals surface area contributed by atoms with Crippen molar-refractivity contribution in [2.45, 2.75) is 50.3 Å². The Labute approximate surface area is 204 Å². The third kappa shape index (κ3) is 4.38. The zero-order chi connectivity index (χ0) is 24.5. The first kappa shape index (κ1) is 23.4. The molecule has 4 atom stereocenters. The highest BCUT2D eigenvalue weighted by atomic mass is 16.6. The van der Waals surface area contributed by atoms with Gasteiger partial charge in [-0.3, -0.25) is 9.59 Å². The van der Waals surface area contributed by atoms with Crippen molar-refractivity contribution in [1.82, 2.24) is 10.2 Å². The topological polar surface area (TPSA) is 105 Å². The van der Waals surface area contributed by atoms with Gasteiger partial charge < -0.3 is 24.8 Å². The highest BCUT2D eigenvalue weighted by Crippen LogP contribution is 2.44. The van der Waals surface area contributed by atoms with Crippen LogP contribution in [0.25, 0.3) is 11.1 Å². The molecule has 0 radical (unpaired) electrons. The van der Waals surface area contributed by atoms with Gasteiger partial charge in [-0.2, -0.15) is 0 Å². The maximum Gasteiger partial charge on any atom is 0.407 e. The number of carbonyl (C=O) groups excluding carboxylic acids is 2. The van der Waals surface area contributed by atoms with Crippen LogP contribution in [0.2, 0.25) is 0 Å². The Morgan fingerprint density at radius 3 is 2.37 bits per heavy atom. The molecule has 2 saturated heterocycles. The number of rotatable bonds is 5. The van der Waals surface area contributed by atoms with Crippen LogP contribution < -0.4 is 5.32 Å². The number of hydrogen-bond donors (Lipinski definition) is 2. The second-order valence-electron chi connectivity index (χ2n) is 9.52. The molecule has 2 aliphatic heterocycles. The smallest absolute Gasteiger partial charge is 0.407 e. The average molecular weight is 479 g/mol. The van der Waals surface area contributed by atoms with Crippen molar-refractivity contribution in [2.24, 2.45) is 5.92 Å². The van der Waals surface area contributed by atoms with Crippen LogP contribution in [0.4, 0.5) is 4.79 Å². The number of carbonyl (C=O) groups is 3. The Morgan fingerprint density at radius 1 is 1.06 bits per heavy atom. The summed E-state index contributed by atoms with van der Waals surface area (Å²) in [5, 5.41) is 12.3. The van der Waals surface area contributed by atoms with E-state index in [0.29, 0.717) is 32.4 Å². The van der Waals surface area contributed by atoms with Gasteiger partial charge in [0.05, 0.1) is 12.0 Å². The fourth-order valence-electron chi connectivity index (χ4n) is 5.72. The number of benzene rings is 2. The summed E-state index contributed by atoms with van der Waals surface area (Å²) in [5.41, 5.74) is 4.57. The molecule has 2 aromatic carbocycles. The van der Waals surface area contributed by atoms with E-state index >= 15 is 0 Å². The summed E-state index contributed by atoms with van der Waals surface area (Å²) in [6.45, 7) is 2.78. The number of alkyl carbamates (subject to hydrolysis) is 1. The molecule has 184 valence electrons. The number of nitrogens with one attached hydrogen (secondary N) is 1. The van der Waals surface area contributed by atoms with Crippen LogP contribution >= 0.6 is 0 Å². The number of hydrogen-bond acceptors (Lipinski definition) is 5. The highest BCUT2D eigenvalue weighted by Gasteiger charge is 2.43. The SMILES string of the molecule is CC1C(C(=O)O)CCCN1C(=O)[C@H]1OCC[C@H]1NC(=O)OCC1c2ccccc2-c2ccccc21. The molecule has 2 aromatic rings. The maximum atomic E-state index is 13.2. The summed E-state index contributed by atoms with van der Waals surface area (Å²) >= 11 is 0. The number of fused-ring (bicyclic) bond motifs is 3. The number of aliphatic carboxylic acids is 1. The zero-order valence-electron chi connectivity index (χ0n) is 19.7. The summed E-state index contributed by atoms with van der Waals surface area (Å²) in [6, 6.07) is 15.3. The van der Waals surface area contributed by atoms with E-state index in [2.05, 4.69) is 29.6 Å². The van der Waals surface area contributed by atoms with E-state index in [0.717, 1.165) is 22.3 Å². The largest absolute Gasteiger partial charge is 0.481 e. The van der Waals surface area contributed by atoms with E-state index in [-0.39, 0.29) is 18.4 Å². The molecule has 0 spiro atoms. The Balaban J connectivity index is 1.22. The van der Waals surface area contributed by atoms with Crippen molar-refractivity contribution in [2.75, 3.05) is 19.8 Å². The number of likely N-dealkylation sites (tertiary alicyclic amines) is 1. The van der Waals surface area contributed by atoms with Crippen LogP contribution in [0.3, 0.4) is 0 Å². The molecule has 0 aromatic heterocycles. The van der Waals surface area contributed by atoms with Gasteiger partial charge in [0, 0.05) is 25.1 Å². The number of nitrogens with zero attached hydrogens (tertiary/aromatic N) is 1. The van der Waals surface area contributed by atoms with E-state index in [1.165, 1.54) is 0 Å². The molecular formula is C27H30N2O6. The standard InChI is InChI=1S/C27H30N2O6/c1-16-17(26(31)32)11-6-13-29(16)25(30)24-23(12-14-34-24)28-27(33)35-15-22-20-9-4-2-7-18(20)19-8-3-5-10-21(19)22/h2-5,7-10,16-17,22-24H,6,11-15H2,1H3,(H,28,33)(H,31,32)/t16?,17?,23-,24+/m1/s1. The molecule has 3 aliphatic rings. The molecule has 2 fully saturated rings. The third-order valence-corrected chi connectivity index (χ3v) is 7.57.